The lowest BCUT2D eigenvalue weighted by Crippen LogP contribution is -2.32. The molecule has 5 rings (SSSR count). The SMILES string of the molecule is CCOC(C)n1cc(-c2ccc3nc(N[C@@H]4CCC[C@H](O)C4)nn3c2N2CCCCC2)cn1. The van der Waals surface area contributed by atoms with Gasteiger partial charge in [-0.05, 0) is 70.9 Å². The van der Waals surface area contributed by atoms with E-state index in [1.54, 1.807) is 0 Å². The molecule has 0 spiro atoms. The lowest BCUT2D eigenvalue weighted by molar-refractivity contribution is 0.0160. The number of aliphatic hydroxyl groups is 1. The maximum atomic E-state index is 10.0. The van der Waals surface area contributed by atoms with Crippen LogP contribution in [0.2, 0.25) is 0 Å². The van der Waals surface area contributed by atoms with Crippen LogP contribution in [0.25, 0.3) is 16.8 Å². The van der Waals surface area contributed by atoms with E-state index < -0.39 is 0 Å². The summed E-state index contributed by atoms with van der Waals surface area (Å²) in [6, 6.07) is 4.37. The molecule has 1 unspecified atom stereocenters. The zero-order valence-corrected chi connectivity index (χ0v) is 19.7. The van der Waals surface area contributed by atoms with Gasteiger partial charge in [0.25, 0.3) is 0 Å². The molecule has 3 atom stereocenters. The first kappa shape index (κ1) is 22.2. The Kier molecular flexibility index (Phi) is 6.50. The fourth-order valence-corrected chi connectivity index (χ4v) is 5.10. The lowest BCUT2D eigenvalue weighted by atomic mass is 9.93. The van der Waals surface area contributed by atoms with Crippen molar-refractivity contribution in [2.75, 3.05) is 29.9 Å². The standard InChI is InChI=1S/C24H35N7O2/c1-3-33-17(2)30-16-18(15-25-30)21-10-11-22-27-24(26-19-8-7-9-20(32)14-19)28-31(22)23(21)29-12-5-4-6-13-29/h10-11,15-17,19-20,32H,3-9,12-14H2,1-2H3,(H,26,28)/t17?,19-,20+/m1/s1. The molecule has 2 aliphatic rings. The Labute approximate surface area is 194 Å². The van der Waals surface area contributed by atoms with Gasteiger partial charge in [0.15, 0.2) is 5.65 Å². The van der Waals surface area contributed by atoms with Gasteiger partial charge < -0.3 is 20.1 Å². The average Bonchev–Trinajstić information content (AvgIpc) is 3.46. The first-order chi connectivity index (χ1) is 16.1. The van der Waals surface area contributed by atoms with Gasteiger partial charge in [-0.25, -0.2) is 4.68 Å². The molecule has 1 saturated heterocycles. The minimum Gasteiger partial charge on any atom is -0.393 e. The molecule has 9 nitrogen and oxygen atoms in total. The molecular weight excluding hydrogens is 418 g/mol. The number of piperidine rings is 1. The van der Waals surface area contributed by atoms with Gasteiger partial charge in [0.05, 0.1) is 12.3 Å². The number of hydrogen-bond donors (Lipinski definition) is 2. The van der Waals surface area contributed by atoms with Crippen LogP contribution in [0.1, 0.15) is 65.0 Å². The number of aliphatic hydroxyl groups excluding tert-OH is 1. The number of rotatable bonds is 7. The predicted molar refractivity (Wildman–Crippen MR) is 128 cm³/mol. The molecule has 4 heterocycles. The number of anilines is 2. The number of aromatic nitrogens is 5. The first-order valence-electron chi connectivity index (χ1n) is 12.4. The van der Waals surface area contributed by atoms with E-state index in [0.717, 1.165) is 61.4 Å². The largest absolute Gasteiger partial charge is 0.393 e. The molecule has 9 heteroatoms. The Morgan fingerprint density at radius 1 is 1.18 bits per heavy atom. The van der Waals surface area contributed by atoms with Crippen molar-refractivity contribution in [3.63, 3.8) is 0 Å². The molecule has 2 N–H and O–H groups in total. The van der Waals surface area contributed by atoms with E-state index in [1.165, 1.54) is 19.3 Å². The highest BCUT2D eigenvalue weighted by molar-refractivity contribution is 5.78. The highest BCUT2D eigenvalue weighted by Crippen LogP contribution is 2.34. The first-order valence-corrected chi connectivity index (χ1v) is 12.4. The lowest BCUT2D eigenvalue weighted by Gasteiger charge is -2.30. The van der Waals surface area contributed by atoms with Crippen molar-refractivity contribution in [3.05, 3.63) is 24.5 Å². The summed E-state index contributed by atoms with van der Waals surface area (Å²) >= 11 is 0. The van der Waals surface area contributed by atoms with E-state index >= 15 is 0 Å². The van der Waals surface area contributed by atoms with E-state index in [0.29, 0.717) is 12.6 Å². The highest BCUT2D eigenvalue weighted by atomic mass is 16.5. The number of hydrogen-bond acceptors (Lipinski definition) is 7. The Balaban J connectivity index is 1.52. The molecule has 1 saturated carbocycles. The molecule has 1 aliphatic carbocycles. The fraction of sp³-hybridized carbons (Fsp3) is 0.625. The van der Waals surface area contributed by atoms with Crippen molar-refractivity contribution in [3.8, 4) is 11.1 Å². The second-order valence-electron chi connectivity index (χ2n) is 9.25. The van der Waals surface area contributed by atoms with Crippen LogP contribution in [0.4, 0.5) is 11.8 Å². The van der Waals surface area contributed by atoms with Crippen LogP contribution in [-0.2, 0) is 4.74 Å². The average molecular weight is 454 g/mol. The molecule has 0 radical (unpaired) electrons. The van der Waals surface area contributed by atoms with E-state index in [-0.39, 0.29) is 18.4 Å². The van der Waals surface area contributed by atoms with Crippen molar-refractivity contribution in [1.82, 2.24) is 24.4 Å². The molecular formula is C24H35N7O2. The van der Waals surface area contributed by atoms with Gasteiger partial charge in [-0.1, -0.05) is 0 Å². The van der Waals surface area contributed by atoms with Crippen molar-refractivity contribution in [1.29, 1.82) is 0 Å². The quantitative estimate of drug-likeness (QED) is 0.561. The summed E-state index contributed by atoms with van der Waals surface area (Å²) in [4.78, 5) is 7.20. The van der Waals surface area contributed by atoms with Crippen LogP contribution < -0.4 is 10.2 Å². The summed E-state index contributed by atoms with van der Waals surface area (Å²) in [6.07, 6.45) is 10.9. The summed E-state index contributed by atoms with van der Waals surface area (Å²) in [5.41, 5.74) is 2.97. The summed E-state index contributed by atoms with van der Waals surface area (Å²) in [7, 11) is 0. The highest BCUT2D eigenvalue weighted by Gasteiger charge is 2.24. The van der Waals surface area contributed by atoms with Gasteiger partial charge in [-0.2, -0.15) is 14.6 Å². The van der Waals surface area contributed by atoms with E-state index in [4.69, 9.17) is 14.8 Å². The van der Waals surface area contributed by atoms with Crippen molar-refractivity contribution < 1.29 is 9.84 Å². The van der Waals surface area contributed by atoms with Crippen LogP contribution in [0.5, 0.6) is 0 Å². The van der Waals surface area contributed by atoms with E-state index in [9.17, 15) is 5.11 Å². The van der Waals surface area contributed by atoms with Gasteiger partial charge in [0.2, 0.25) is 5.95 Å². The Hall–Kier alpha value is -2.65. The van der Waals surface area contributed by atoms with Gasteiger partial charge in [-0.15, -0.1) is 5.10 Å². The second kappa shape index (κ2) is 9.69. The topological polar surface area (TPSA) is 92.7 Å². The minimum atomic E-state index is -0.237. The molecule has 3 aromatic rings. The maximum absolute atomic E-state index is 10.0. The number of fused-ring (bicyclic) bond motifs is 1. The molecule has 0 bridgehead atoms. The molecule has 178 valence electrons. The molecule has 2 fully saturated rings. The minimum absolute atomic E-state index is 0.112. The van der Waals surface area contributed by atoms with Gasteiger partial charge in [0.1, 0.15) is 12.0 Å². The zero-order chi connectivity index (χ0) is 22.8. The third kappa shape index (κ3) is 4.70. The third-order valence-electron chi connectivity index (χ3n) is 6.80. The Bertz CT molecular complexity index is 1070. The fourth-order valence-electron chi connectivity index (χ4n) is 5.10. The molecule has 1 aliphatic heterocycles. The Morgan fingerprint density at radius 3 is 2.82 bits per heavy atom. The summed E-state index contributed by atoms with van der Waals surface area (Å²) in [5, 5.41) is 23.0. The van der Waals surface area contributed by atoms with Gasteiger partial charge >= 0.3 is 0 Å². The smallest absolute Gasteiger partial charge is 0.243 e. The number of pyridine rings is 1. The zero-order valence-electron chi connectivity index (χ0n) is 19.7. The van der Waals surface area contributed by atoms with Crippen LogP contribution in [0, 0.1) is 0 Å². The molecule has 0 aromatic carbocycles. The second-order valence-corrected chi connectivity index (χ2v) is 9.25. The third-order valence-corrected chi connectivity index (χ3v) is 6.80. The molecule has 33 heavy (non-hydrogen) atoms. The molecule has 0 amide bonds. The maximum Gasteiger partial charge on any atom is 0.243 e. The van der Waals surface area contributed by atoms with Crippen molar-refractivity contribution in [2.24, 2.45) is 0 Å². The molecule has 3 aromatic heterocycles. The van der Waals surface area contributed by atoms with Gasteiger partial charge in [0, 0.05) is 43.1 Å². The summed E-state index contributed by atoms with van der Waals surface area (Å²) < 4.78 is 9.56. The summed E-state index contributed by atoms with van der Waals surface area (Å²) in [6.45, 7) is 6.66. The predicted octanol–water partition coefficient (Wildman–Crippen LogP) is 3.85. The van der Waals surface area contributed by atoms with E-state index in [1.807, 2.05) is 35.3 Å². The van der Waals surface area contributed by atoms with Crippen molar-refractivity contribution in [2.45, 2.75) is 77.2 Å². The number of nitrogens with one attached hydrogen (secondary N) is 1. The van der Waals surface area contributed by atoms with Gasteiger partial charge in [-0.3, -0.25) is 0 Å². The normalized spacial score (nSPS) is 22.6. The number of nitrogens with zero attached hydrogens (tertiary/aromatic N) is 6. The van der Waals surface area contributed by atoms with Crippen LogP contribution in [-0.4, -0.2) is 61.3 Å². The summed E-state index contributed by atoms with van der Waals surface area (Å²) in [5.74, 6) is 1.70. The number of ether oxygens (including phenoxy) is 1. The monoisotopic (exact) mass is 453 g/mol. The Morgan fingerprint density at radius 2 is 2.03 bits per heavy atom. The van der Waals surface area contributed by atoms with E-state index in [2.05, 4.69) is 27.6 Å². The van der Waals surface area contributed by atoms with Crippen LogP contribution >= 0.6 is 0 Å². The van der Waals surface area contributed by atoms with Crippen LogP contribution in [0.15, 0.2) is 24.5 Å². The van der Waals surface area contributed by atoms with Crippen molar-refractivity contribution >= 4 is 17.4 Å². The van der Waals surface area contributed by atoms with Crippen LogP contribution in [0.3, 0.4) is 0 Å².